The molecule has 7 nitrogen and oxygen atoms in total. The number of aliphatic hydroxyl groups excluding tert-OH is 1. The van der Waals surface area contributed by atoms with E-state index in [1.54, 1.807) is 0 Å². The molecule has 76 valence electrons. The first-order valence-corrected chi connectivity index (χ1v) is 4.43. The molecule has 0 aromatic carbocycles. The van der Waals surface area contributed by atoms with Crippen molar-refractivity contribution < 1.29 is 10.0 Å². The molecular formula is C7H10N4O3. The molecule has 1 aliphatic carbocycles. The zero-order chi connectivity index (χ0) is 10.1. The molecular weight excluding hydrogens is 188 g/mol. The van der Waals surface area contributed by atoms with E-state index in [9.17, 15) is 15.2 Å². The summed E-state index contributed by atoms with van der Waals surface area (Å²) in [6.45, 7) is 0. The summed E-state index contributed by atoms with van der Waals surface area (Å²) in [5, 5.41) is 26.9. The van der Waals surface area contributed by atoms with Crippen molar-refractivity contribution in [2.75, 3.05) is 0 Å². The topological polar surface area (TPSA) is 94.1 Å². The Kier molecular flexibility index (Phi) is 2.16. The number of hydrogen-bond acceptors (Lipinski definition) is 5. The van der Waals surface area contributed by atoms with Gasteiger partial charge in [0.05, 0.1) is 17.4 Å². The van der Waals surface area contributed by atoms with Crippen LogP contribution >= 0.6 is 0 Å². The van der Waals surface area contributed by atoms with Crippen LogP contribution in [0, 0.1) is 10.1 Å². The van der Waals surface area contributed by atoms with E-state index < -0.39 is 11.0 Å². The summed E-state index contributed by atoms with van der Waals surface area (Å²) in [6.07, 6.45) is 3.23. The minimum Gasteiger partial charge on any atom is -0.391 e. The third-order valence-electron chi connectivity index (χ3n) is 2.47. The lowest BCUT2D eigenvalue weighted by molar-refractivity contribution is -0.389. The minimum absolute atomic E-state index is 0.156. The molecule has 1 saturated carbocycles. The Morgan fingerprint density at radius 3 is 2.93 bits per heavy atom. The third-order valence-corrected chi connectivity index (χ3v) is 2.47. The Morgan fingerprint density at radius 2 is 2.43 bits per heavy atom. The van der Waals surface area contributed by atoms with E-state index in [1.807, 2.05) is 0 Å². The maximum Gasteiger partial charge on any atom is 0.410 e. The van der Waals surface area contributed by atoms with Crippen molar-refractivity contribution in [3.63, 3.8) is 0 Å². The third kappa shape index (κ3) is 1.46. The standard InChI is InChI=1S/C7H10N4O3/c12-6-3-1-2-5(6)10-4-7(8-9-10)11(13)14/h4-6,12H,1-3H2. The van der Waals surface area contributed by atoms with Crippen LogP contribution in [-0.4, -0.2) is 31.1 Å². The maximum atomic E-state index is 10.3. The number of nitrogens with zero attached hydrogens (tertiary/aromatic N) is 4. The SMILES string of the molecule is O=[N+]([O-])c1cn(C2CCCC2O)nn1. The molecule has 1 aliphatic rings. The van der Waals surface area contributed by atoms with E-state index in [-0.39, 0.29) is 11.9 Å². The van der Waals surface area contributed by atoms with Gasteiger partial charge in [-0.2, -0.15) is 0 Å². The van der Waals surface area contributed by atoms with E-state index in [0.717, 1.165) is 19.3 Å². The van der Waals surface area contributed by atoms with Crippen molar-refractivity contribution in [2.45, 2.75) is 31.4 Å². The molecule has 0 aliphatic heterocycles. The number of hydrogen-bond donors (Lipinski definition) is 1. The average Bonchev–Trinajstić information content (AvgIpc) is 2.71. The van der Waals surface area contributed by atoms with Gasteiger partial charge in [0.15, 0.2) is 0 Å². The van der Waals surface area contributed by atoms with Crippen LogP contribution in [0.2, 0.25) is 0 Å². The van der Waals surface area contributed by atoms with Crippen LogP contribution in [0.4, 0.5) is 5.82 Å². The van der Waals surface area contributed by atoms with Crippen LogP contribution in [0.5, 0.6) is 0 Å². The Bertz CT molecular complexity index is 350. The molecule has 1 aromatic heterocycles. The summed E-state index contributed by atoms with van der Waals surface area (Å²) in [6, 6.07) is -0.156. The Balaban J connectivity index is 2.20. The summed E-state index contributed by atoms with van der Waals surface area (Å²) >= 11 is 0. The first kappa shape index (κ1) is 9.07. The van der Waals surface area contributed by atoms with Gasteiger partial charge in [-0.25, -0.2) is 4.68 Å². The molecule has 2 unspecified atom stereocenters. The quantitative estimate of drug-likeness (QED) is 0.543. The van der Waals surface area contributed by atoms with Crippen molar-refractivity contribution in [3.8, 4) is 0 Å². The van der Waals surface area contributed by atoms with Crippen LogP contribution in [0.25, 0.3) is 0 Å². The van der Waals surface area contributed by atoms with Crippen LogP contribution in [0.1, 0.15) is 25.3 Å². The second-order valence-electron chi connectivity index (χ2n) is 3.38. The summed E-state index contributed by atoms with van der Waals surface area (Å²) in [5.74, 6) is -0.274. The largest absolute Gasteiger partial charge is 0.410 e. The number of rotatable bonds is 2. The van der Waals surface area contributed by atoms with Crippen LogP contribution < -0.4 is 0 Å². The summed E-state index contributed by atoms with van der Waals surface area (Å²) in [5.41, 5.74) is 0. The molecule has 0 amide bonds. The zero-order valence-corrected chi connectivity index (χ0v) is 7.41. The highest BCUT2D eigenvalue weighted by molar-refractivity contribution is 5.09. The monoisotopic (exact) mass is 198 g/mol. The van der Waals surface area contributed by atoms with E-state index >= 15 is 0 Å². The second kappa shape index (κ2) is 3.33. The molecule has 2 atom stereocenters. The minimum atomic E-state index is -0.592. The molecule has 1 N–H and O–H groups in total. The Morgan fingerprint density at radius 1 is 1.64 bits per heavy atom. The fourth-order valence-corrected chi connectivity index (χ4v) is 1.74. The predicted octanol–water partition coefficient (Wildman–Crippen LogP) is 0.272. The average molecular weight is 198 g/mol. The second-order valence-corrected chi connectivity index (χ2v) is 3.38. The lowest BCUT2D eigenvalue weighted by atomic mass is 10.2. The van der Waals surface area contributed by atoms with Crippen molar-refractivity contribution >= 4 is 5.82 Å². The predicted molar refractivity (Wildman–Crippen MR) is 45.6 cm³/mol. The number of nitro groups is 1. The molecule has 0 spiro atoms. The van der Waals surface area contributed by atoms with Gasteiger partial charge in [-0.3, -0.25) is 0 Å². The van der Waals surface area contributed by atoms with E-state index in [1.165, 1.54) is 10.9 Å². The Hall–Kier alpha value is -1.50. The van der Waals surface area contributed by atoms with Gasteiger partial charge in [0.1, 0.15) is 11.3 Å². The molecule has 0 radical (unpaired) electrons. The van der Waals surface area contributed by atoms with E-state index in [4.69, 9.17) is 0 Å². The number of aliphatic hydroxyl groups is 1. The summed E-state index contributed by atoms with van der Waals surface area (Å²) < 4.78 is 1.38. The smallest absolute Gasteiger partial charge is 0.391 e. The van der Waals surface area contributed by atoms with Gasteiger partial charge in [-0.15, -0.1) is 0 Å². The normalized spacial score (nSPS) is 26.6. The van der Waals surface area contributed by atoms with Gasteiger partial charge < -0.3 is 15.2 Å². The molecule has 1 aromatic rings. The highest BCUT2D eigenvalue weighted by Gasteiger charge is 2.29. The van der Waals surface area contributed by atoms with Crippen molar-refractivity contribution in [1.29, 1.82) is 0 Å². The number of aromatic nitrogens is 3. The van der Waals surface area contributed by atoms with Crippen molar-refractivity contribution in [2.24, 2.45) is 0 Å². The Labute approximate surface area is 79.5 Å². The fourth-order valence-electron chi connectivity index (χ4n) is 1.74. The lowest BCUT2D eigenvalue weighted by Gasteiger charge is -2.11. The molecule has 0 saturated heterocycles. The highest BCUT2D eigenvalue weighted by Crippen LogP contribution is 2.29. The van der Waals surface area contributed by atoms with E-state index in [0.29, 0.717) is 0 Å². The van der Waals surface area contributed by atoms with E-state index in [2.05, 4.69) is 10.3 Å². The molecule has 0 bridgehead atoms. The zero-order valence-electron chi connectivity index (χ0n) is 7.41. The first-order chi connectivity index (χ1) is 6.68. The maximum absolute atomic E-state index is 10.3. The van der Waals surface area contributed by atoms with Gasteiger partial charge in [0.2, 0.25) is 0 Å². The molecule has 1 heterocycles. The van der Waals surface area contributed by atoms with Gasteiger partial charge >= 0.3 is 5.82 Å². The van der Waals surface area contributed by atoms with Gasteiger partial charge in [-0.1, -0.05) is 0 Å². The van der Waals surface area contributed by atoms with Gasteiger partial charge in [0, 0.05) is 0 Å². The van der Waals surface area contributed by atoms with Crippen LogP contribution in [-0.2, 0) is 0 Å². The molecule has 7 heteroatoms. The fraction of sp³-hybridized carbons (Fsp3) is 0.714. The van der Waals surface area contributed by atoms with Crippen LogP contribution in [0.3, 0.4) is 0 Å². The lowest BCUT2D eigenvalue weighted by Crippen LogP contribution is -2.18. The van der Waals surface area contributed by atoms with Crippen LogP contribution in [0.15, 0.2) is 6.20 Å². The molecule has 2 rings (SSSR count). The molecule has 1 fully saturated rings. The summed E-state index contributed by atoms with van der Waals surface area (Å²) in [4.78, 5) is 9.75. The highest BCUT2D eigenvalue weighted by atomic mass is 16.6. The van der Waals surface area contributed by atoms with Gasteiger partial charge in [-0.05, 0) is 24.2 Å². The first-order valence-electron chi connectivity index (χ1n) is 4.43. The summed E-state index contributed by atoms with van der Waals surface area (Å²) in [7, 11) is 0. The molecule has 14 heavy (non-hydrogen) atoms. The van der Waals surface area contributed by atoms with Crippen molar-refractivity contribution in [1.82, 2.24) is 15.0 Å². The van der Waals surface area contributed by atoms with Crippen molar-refractivity contribution in [3.05, 3.63) is 16.3 Å². The van der Waals surface area contributed by atoms with Gasteiger partial charge in [0.25, 0.3) is 0 Å².